The average molecular weight is 274 g/mol. The van der Waals surface area contributed by atoms with Crippen LogP contribution in [0.3, 0.4) is 0 Å². The molecule has 0 aliphatic carbocycles. The van der Waals surface area contributed by atoms with Crippen molar-refractivity contribution in [3.8, 4) is 0 Å². The number of hydrogen-bond donors (Lipinski definition) is 0. The molecule has 1 amide bonds. The summed E-state index contributed by atoms with van der Waals surface area (Å²) in [5.74, 6) is 0.0580. The molecule has 0 N–H and O–H groups in total. The predicted molar refractivity (Wildman–Crippen MR) is 74.1 cm³/mol. The lowest BCUT2D eigenvalue weighted by atomic mass is 10.2. The Morgan fingerprint density at radius 1 is 1.30 bits per heavy atom. The molecule has 0 radical (unpaired) electrons. The highest BCUT2D eigenvalue weighted by molar-refractivity contribution is 5.79. The highest BCUT2D eigenvalue weighted by Crippen LogP contribution is 2.13. The van der Waals surface area contributed by atoms with Crippen LogP contribution < -0.4 is 0 Å². The van der Waals surface area contributed by atoms with E-state index in [0.717, 1.165) is 11.0 Å². The number of nitrogens with zero attached hydrogens (tertiary/aromatic N) is 4. The second-order valence-electron chi connectivity index (χ2n) is 5.29. The molecule has 0 spiro atoms. The lowest BCUT2D eigenvalue weighted by molar-refractivity contribution is -0.143. The molecule has 0 unspecified atom stereocenters. The number of carbonyl (C=O) groups excluding carboxylic acids is 1. The minimum Gasteiger partial charge on any atom is -0.372 e. The SMILES string of the molecule is C[C@@H]1CN(C(=O)Cn2nnc3ccccc32)C[C@H](C)O1. The summed E-state index contributed by atoms with van der Waals surface area (Å²) in [5, 5.41) is 8.12. The van der Waals surface area contributed by atoms with Gasteiger partial charge in [0.2, 0.25) is 5.91 Å². The third-order valence-electron chi connectivity index (χ3n) is 3.48. The van der Waals surface area contributed by atoms with Crippen molar-refractivity contribution in [1.82, 2.24) is 19.9 Å². The molecule has 1 saturated heterocycles. The molecule has 2 heterocycles. The highest BCUT2D eigenvalue weighted by Gasteiger charge is 2.26. The first-order valence-electron chi connectivity index (χ1n) is 6.85. The van der Waals surface area contributed by atoms with Crippen LogP contribution in [0.25, 0.3) is 11.0 Å². The number of aromatic nitrogens is 3. The summed E-state index contributed by atoms with van der Waals surface area (Å²) in [6.07, 6.45) is 0.158. The van der Waals surface area contributed by atoms with Crippen LogP contribution in [0.1, 0.15) is 13.8 Å². The van der Waals surface area contributed by atoms with Crippen LogP contribution in [-0.2, 0) is 16.1 Å². The van der Waals surface area contributed by atoms with E-state index in [2.05, 4.69) is 10.3 Å². The normalized spacial score (nSPS) is 23.2. The van der Waals surface area contributed by atoms with E-state index in [1.165, 1.54) is 0 Å². The summed E-state index contributed by atoms with van der Waals surface area (Å²) in [7, 11) is 0. The molecule has 3 rings (SSSR count). The van der Waals surface area contributed by atoms with Gasteiger partial charge in [-0.25, -0.2) is 4.68 Å². The van der Waals surface area contributed by atoms with Crippen molar-refractivity contribution in [3.63, 3.8) is 0 Å². The number of rotatable bonds is 2. The zero-order chi connectivity index (χ0) is 14.1. The Balaban J connectivity index is 1.75. The summed E-state index contributed by atoms with van der Waals surface area (Å²) in [6, 6.07) is 7.65. The number of benzene rings is 1. The maximum Gasteiger partial charge on any atom is 0.244 e. The number of carbonyl (C=O) groups is 1. The van der Waals surface area contributed by atoms with Crippen molar-refractivity contribution in [2.45, 2.75) is 32.6 Å². The smallest absolute Gasteiger partial charge is 0.244 e. The van der Waals surface area contributed by atoms with Crippen LogP contribution >= 0.6 is 0 Å². The Morgan fingerprint density at radius 3 is 2.75 bits per heavy atom. The topological polar surface area (TPSA) is 60.2 Å². The van der Waals surface area contributed by atoms with Crippen LogP contribution in [0, 0.1) is 0 Å². The van der Waals surface area contributed by atoms with E-state index in [0.29, 0.717) is 13.1 Å². The van der Waals surface area contributed by atoms with Crippen molar-refractivity contribution < 1.29 is 9.53 Å². The monoisotopic (exact) mass is 274 g/mol. The summed E-state index contributed by atoms with van der Waals surface area (Å²) in [6.45, 7) is 5.47. The van der Waals surface area contributed by atoms with E-state index >= 15 is 0 Å². The third kappa shape index (κ3) is 2.51. The second-order valence-corrected chi connectivity index (χ2v) is 5.29. The summed E-state index contributed by atoms with van der Waals surface area (Å²) < 4.78 is 7.30. The molecular weight excluding hydrogens is 256 g/mol. The summed E-state index contributed by atoms with van der Waals surface area (Å²) in [4.78, 5) is 14.2. The Labute approximate surface area is 117 Å². The van der Waals surface area contributed by atoms with Crippen LogP contribution in [0.4, 0.5) is 0 Å². The molecule has 1 aliphatic rings. The maximum atomic E-state index is 12.4. The third-order valence-corrected chi connectivity index (χ3v) is 3.48. The molecule has 0 bridgehead atoms. The number of morpholine rings is 1. The van der Waals surface area contributed by atoms with Gasteiger partial charge in [-0.05, 0) is 26.0 Å². The van der Waals surface area contributed by atoms with Crippen LogP contribution in [-0.4, -0.2) is 51.1 Å². The maximum absolute atomic E-state index is 12.4. The van der Waals surface area contributed by atoms with Gasteiger partial charge < -0.3 is 9.64 Å². The average Bonchev–Trinajstić information content (AvgIpc) is 2.81. The second kappa shape index (κ2) is 5.20. The molecule has 1 fully saturated rings. The van der Waals surface area contributed by atoms with Crippen molar-refractivity contribution in [2.75, 3.05) is 13.1 Å². The Bertz CT molecular complexity index is 614. The number of fused-ring (bicyclic) bond motifs is 1. The lowest BCUT2D eigenvalue weighted by Gasteiger charge is -2.35. The first-order valence-corrected chi connectivity index (χ1v) is 6.85. The van der Waals surface area contributed by atoms with Gasteiger partial charge in [0.1, 0.15) is 12.1 Å². The molecule has 1 aromatic heterocycles. The van der Waals surface area contributed by atoms with Gasteiger partial charge in [-0.1, -0.05) is 17.3 Å². The van der Waals surface area contributed by atoms with Crippen LogP contribution in [0.15, 0.2) is 24.3 Å². The summed E-state index contributed by atoms with van der Waals surface area (Å²) in [5.41, 5.74) is 1.69. The Hall–Kier alpha value is -1.95. The fourth-order valence-corrected chi connectivity index (χ4v) is 2.64. The van der Waals surface area contributed by atoms with Gasteiger partial charge in [0.05, 0.1) is 17.7 Å². The van der Waals surface area contributed by atoms with E-state index in [1.54, 1.807) is 4.68 Å². The van der Waals surface area contributed by atoms with Crippen molar-refractivity contribution >= 4 is 16.9 Å². The molecule has 1 aliphatic heterocycles. The molecule has 6 heteroatoms. The van der Waals surface area contributed by atoms with Gasteiger partial charge in [-0.2, -0.15) is 0 Å². The van der Waals surface area contributed by atoms with Crippen LogP contribution in [0.5, 0.6) is 0 Å². The summed E-state index contributed by atoms with van der Waals surface area (Å²) >= 11 is 0. The lowest BCUT2D eigenvalue weighted by Crippen LogP contribution is -2.49. The number of hydrogen-bond acceptors (Lipinski definition) is 4. The van der Waals surface area contributed by atoms with Gasteiger partial charge in [0.25, 0.3) is 0 Å². The van der Waals surface area contributed by atoms with E-state index in [9.17, 15) is 4.79 Å². The molecule has 6 nitrogen and oxygen atoms in total. The zero-order valence-electron chi connectivity index (χ0n) is 11.7. The van der Waals surface area contributed by atoms with Gasteiger partial charge in [0.15, 0.2) is 0 Å². The van der Waals surface area contributed by atoms with E-state index in [-0.39, 0.29) is 24.7 Å². The first-order chi connectivity index (χ1) is 9.63. The van der Waals surface area contributed by atoms with Crippen molar-refractivity contribution in [2.24, 2.45) is 0 Å². The van der Waals surface area contributed by atoms with Gasteiger partial charge in [0, 0.05) is 13.1 Å². The van der Waals surface area contributed by atoms with E-state index < -0.39 is 0 Å². The number of para-hydroxylation sites is 1. The fourth-order valence-electron chi connectivity index (χ4n) is 2.64. The number of ether oxygens (including phenoxy) is 1. The minimum absolute atomic E-state index is 0.0580. The molecule has 1 aromatic carbocycles. The molecule has 106 valence electrons. The van der Waals surface area contributed by atoms with Crippen LogP contribution in [0.2, 0.25) is 0 Å². The zero-order valence-corrected chi connectivity index (χ0v) is 11.7. The van der Waals surface area contributed by atoms with E-state index in [4.69, 9.17) is 4.74 Å². The molecule has 2 atom stereocenters. The number of amides is 1. The van der Waals surface area contributed by atoms with Gasteiger partial charge in [-0.15, -0.1) is 5.10 Å². The largest absolute Gasteiger partial charge is 0.372 e. The molecular formula is C14H18N4O2. The van der Waals surface area contributed by atoms with Crippen molar-refractivity contribution in [1.29, 1.82) is 0 Å². The van der Waals surface area contributed by atoms with E-state index in [1.807, 2.05) is 43.0 Å². The quantitative estimate of drug-likeness (QED) is 0.822. The standard InChI is InChI=1S/C14H18N4O2/c1-10-7-17(8-11(2)20-10)14(19)9-18-13-6-4-3-5-12(13)15-16-18/h3-6,10-11H,7-9H2,1-2H3/t10-,11+. The first kappa shape index (κ1) is 13.1. The fraction of sp³-hybridized carbons (Fsp3) is 0.500. The molecule has 2 aromatic rings. The Morgan fingerprint density at radius 2 is 2.00 bits per heavy atom. The predicted octanol–water partition coefficient (Wildman–Crippen LogP) is 1.07. The van der Waals surface area contributed by atoms with Gasteiger partial charge in [-0.3, -0.25) is 4.79 Å². The van der Waals surface area contributed by atoms with Gasteiger partial charge >= 0.3 is 0 Å². The molecule has 0 saturated carbocycles. The van der Waals surface area contributed by atoms with Crippen molar-refractivity contribution in [3.05, 3.63) is 24.3 Å². The minimum atomic E-state index is 0.0580. The molecule has 20 heavy (non-hydrogen) atoms. The highest BCUT2D eigenvalue weighted by atomic mass is 16.5. The Kier molecular flexibility index (Phi) is 3.40.